The van der Waals surface area contributed by atoms with E-state index in [-0.39, 0.29) is 0 Å². The average Bonchev–Trinajstić information content (AvgIpc) is 2.29. The molecule has 1 heteroatoms. The monoisotopic (exact) mass is 232 g/mol. The van der Waals surface area contributed by atoms with Crippen LogP contribution >= 0.6 is 0 Å². The van der Waals surface area contributed by atoms with Gasteiger partial charge in [0.2, 0.25) is 0 Å². The Bertz CT molecular complexity index is 391. The van der Waals surface area contributed by atoms with Crippen molar-refractivity contribution in [2.75, 3.05) is 6.61 Å². The molecule has 0 aliphatic rings. The highest BCUT2D eigenvalue weighted by Gasteiger charge is 2.13. The number of ether oxygens (including phenoxy) is 1. The van der Waals surface area contributed by atoms with Gasteiger partial charge in [0, 0.05) is 0 Å². The molecule has 1 unspecified atom stereocenters. The van der Waals surface area contributed by atoms with Gasteiger partial charge in [-0.2, -0.15) is 0 Å². The van der Waals surface area contributed by atoms with E-state index >= 15 is 0 Å². The van der Waals surface area contributed by atoms with E-state index in [1.807, 2.05) is 6.92 Å². The lowest BCUT2D eigenvalue weighted by Crippen LogP contribution is -2.02. The third-order valence-electron chi connectivity index (χ3n) is 2.99. The molecule has 0 N–H and O–H groups in total. The number of benzene rings is 1. The minimum absolute atomic E-state index is 0.506. The van der Waals surface area contributed by atoms with Crippen molar-refractivity contribution in [1.82, 2.24) is 0 Å². The van der Waals surface area contributed by atoms with Crippen LogP contribution in [0.1, 0.15) is 49.8 Å². The molecule has 0 spiro atoms. The number of aryl methyl sites for hydroxylation is 2. The van der Waals surface area contributed by atoms with Crippen LogP contribution in [0.25, 0.3) is 0 Å². The molecule has 0 radical (unpaired) electrons. The fourth-order valence-corrected chi connectivity index (χ4v) is 2.16. The van der Waals surface area contributed by atoms with Crippen LogP contribution in [0.15, 0.2) is 24.3 Å². The van der Waals surface area contributed by atoms with Crippen molar-refractivity contribution < 1.29 is 4.74 Å². The summed E-state index contributed by atoms with van der Waals surface area (Å²) in [4.78, 5) is 0. The molecule has 1 aromatic rings. The molecule has 0 saturated heterocycles. The van der Waals surface area contributed by atoms with Crippen LogP contribution < -0.4 is 4.74 Å². The SMILES string of the molecule is C/C=C\CC(C)c1cc(C)cc(C)c1OCC. The summed E-state index contributed by atoms with van der Waals surface area (Å²) in [5.41, 5.74) is 3.89. The first-order valence-corrected chi connectivity index (χ1v) is 6.45. The Morgan fingerprint density at radius 2 is 2.00 bits per heavy atom. The lowest BCUT2D eigenvalue weighted by atomic mass is 9.93. The molecular formula is C16H24O. The van der Waals surface area contributed by atoms with Crippen molar-refractivity contribution in [2.45, 2.75) is 47.0 Å². The largest absolute Gasteiger partial charge is 0.493 e. The zero-order valence-electron chi connectivity index (χ0n) is 11.7. The third kappa shape index (κ3) is 3.62. The van der Waals surface area contributed by atoms with Gasteiger partial charge in [-0.15, -0.1) is 0 Å². The van der Waals surface area contributed by atoms with Crippen LogP contribution in [0.5, 0.6) is 5.75 Å². The smallest absolute Gasteiger partial charge is 0.125 e. The Kier molecular flexibility index (Phi) is 5.27. The van der Waals surface area contributed by atoms with Gasteiger partial charge < -0.3 is 4.74 Å². The molecule has 0 fully saturated rings. The summed E-state index contributed by atoms with van der Waals surface area (Å²) in [5.74, 6) is 1.58. The van der Waals surface area contributed by atoms with Gasteiger partial charge in [0.25, 0.3) is 0 Å². The molecule has 0 bridgehead atoms. The standard InChI is InChI=1S/C16H24O/c1-6-8-9-13(4)15-11-12(3)10-14(5)16(15)17-7-2/h6,8,10-11,13H,7,9H2,1-5H3/b8-6-. The zero-order valence-corrected chi connectivity index (χ0v) is 11.7. The number of hydrogen-bond acceptors (Lipinski definition) is 1. The Morgan fingerprint density at radius 3 is 2.59 bits per heavy atom. The Balaban J connectivity index is 3.10. The molecule has 0 heterocycles. The van der Waals surface area contributed by atoms with Gasteiger partial charge in [-0.05, 0) is 51.2 Å². The lowest BCUT2D eigenvalue weighted by molar-refractivity contribution is 0.332. The van der Waals surface area contributed by atoms with Crippen LogP contribution in [0.3, 0.4) is 0 Å². The molecule has 0 saturated carbocycles. The highest BCUT2D eigenvalue weighted by atomic mass is 16.5. The van der Waals surface area contributed by atoms with Gasteiger partial charge in [0.15, 0.2) is 0 Å². The maximum absolute atomic E-state index is 5.80. The second-order valence-corrected chi connectivity index (χ2v) is 4.64. The molecule has 17 heavy (non-hydrogen) atoms. The summed E-state index contributed by atoms with van der Waals surface area (Å²) in [6, 6.07) is 4.45. The van der Waals surface area contributed by atoms with Gasteiger partial charge in [0.1, 0.15) is 5.75 Å². The van der Waals surface area contributed by atoms with Crippen molar-refractivity contribution in [1.29, 1.82) is 0 Å². The second kappa shape index (κ2) is 6.48. The Labute approximate surface area is 106 Å². The fraction of sp³-hybridized carbons (Fsp3) is 0.500. The minimum atomic E-state index is 0.506. The first-order valence-electron chi connectivity index (χ1n) is 6.45. The van der Waals surface area contributed by atoms with E-state index < -0.39 is 0 Å². The van der Waals surface area contributed by atoms with E-state index in [0.29, 0.717) is 5.92 Å². The van der Waals surface area contributed by atoms with Crippen LogP contribution in [0.4, 0.5) is 0 Å². The van der Waals surface area contributed by atoms with Gasteiger partial charge in [-0.25, -0.2) is 0 Å². The van der Waals surface area contributed by atoms with Crippen molar-refractivity contribution in [2.24, 2.45) is 0 Å². The van der Waals surface area contributed by atoms with E-state index in [4.69, 9.17) is 4.74 Å². The summed E-state index contributed by atoms with van der Waals surface area (Å²) in [6.45, 7) is 11.4. The highest BCUT2D eigenvalue weighted by Crippen LogP contribution is 2.33. The van der Waals surface area contributed by atoms with Crippen LogP contribution in [-0.4, -0.2) is 6.61 Å². The maximum atomic E-state index is 5.80. The van der Waals surface area contributed by atoms with E-state index in [1.165, 1.54) is 16.7 Å². The van der Waals surface area contributed by atoms with Gasteiger partial charge >= 0.3 is 0 Å². The number of rotatable bonds is 5. The van der Waals surface area contributed by atoms with E-state index in [2.05, 4.69) is 52.0 Å². The highest BCUT2D eigenvalue weighted by molar-refractivity contribution is 5.45. The molecule has 1 rings (SSSR count). The van der Waals surface area contributed by atoms with Crippen molar-refractivity contribution in [3.63, 3.8) is 0 Å². The molecule has 0 aromatic heterocycles. The van der Waals surface area contributed by atoms with Crippen LogP contribution in [0, 0.1) is 13.8 Å². The fourth-order valence-electron chi connectivity index (χ4n) is 2.16. The number of allylic oxidation sites excluding steroid dienone is 2. The molecule has 1 aromatic carbocycles. The summed E-state index contributed by atoms with van der Waals surface area (Å²) in [5, 5.41) is 0. The molecule has 1 atom stereocenters. The Morgan fingerprint density at radius 1 is 1.29 bits per heavy atom. The van der Waals surface area contributed by atoms with Gasteiger partial charge in [-0.1, -0.05) is 36.8 Å². The third-order valence-corrected chi connectivity index (χ3v) is 2.99. The van der Waals surface area contributed by atoms with Crippen molar-refractivity contribution in [3.8, 4) is 5.75 Å². The van der Waals surface area contributed by atoms with E-state index in [1.54, 1.807) is 0 Å². The van der Waals surface area contributed by atoms with Crippen molar-refractivity contribution >= 4 is 0 Å². The molecule has 0 aliphatic carbocycles. The predicted octanol–water partition coefficient (Wildman–Crippen LogP) is 4.77. The Hall–Kier alpha value is -1.24. The van der Waals surface area contributed by atoms with E-state index in [0.717, 1.165) is 18.8 Å². The van der Waals surface area contributed by atoms with Crippen molar-refractivity contribution in [3.05, 3.63) is 41.0 Å². The molecule has 94 valence electrons. The zero-order chi connectivity index (χ0) is 12.8. The van der Waals surface area contributed by atoms with Gasteiger partial charge in [-0.3, -0.25) is 0 Å². The molecule has 0 amide bonds. The quantitative estimate of drug-likeness (QED) is 0.664. The maximum Gasteiger partial charge on any atom is 0.125 e. The summed E-state index contributed by atoms with van der Waals surface area (Å²) < 4.78 is 5.80. The second-order valence-electron chi connectivity index (χ2n) is 4.64. The average molecular weight is 232 g/mol. The predicted molar refractivity (Wildman–Crippen MR) is 74.9 cm³/mol. The normalized spacial score (nSPS) is 13.0. The number of hydrogen-bond donors (Lipinski definition) is 0. The lowest BCUT2D eigenvalue weighted by Gasteiger charge is -2.18. The summed E-state index contributed by atoms with van der Waals surface area (Å²) in [6.07, 6.45) is 5.40. The first-order chi connectivity index (χ1) is 8.10. The summed E-state index contributed by atoms with van der Waals surface area (Å²) >= 11 is 0. The molecule has 1 nitrogen and oxygen atoms in total. The summed E-state index contributed by atoms with van der Waals surface area (Å²) in [7, 11) is 0. The molecule has 0 aliphatic heterocycles. The minimum Gasteiger partial charge on any atom is -0.493 e. The molecular weight excluding hydrogens is 208 g/mol. The van der Waals surface area contributed by atoms with E-state index in [9.17, 15) is 0 Å². The van der Waals surface area contributed by atoms with Gasteiger partial charge in [0.05, 0.1) is 6.61 Å². The van der Waals surface area contributed by atoms with Crippen LogP contribution in [0.2, 0.25) is 0 Å². The van der Waals surface area contributed by atoms with Crippen LogP contribution in [-0.2, 0) is 0 Å². The first kappa shape index (κ1) is 13.8. The topological polar surface area (TPSA) is 9.23 Å².